The Morgan fingerprint density at radius 2 is 1.90 bits per heavy atom. The second kappa shape index (κ2) is 9.02. The summed E-state index contributed by atoms with van der Waals surface area (Å²) >= 11 is 0. The monoisotopic (exact) mass is 416 g/mol. The number of hydrogen-bond donors (Lipinski definition) is 3. The number of carbonyl (C=O) groups excluding carboxylic acids is 1. The standard InChI is InChI=1S/C21H28N4O3S/c1-14-12-18(29(27,28)25-16(3)17-6-9-22-10-7-17)4-5-20(14)24-21(26)19-8-11-23-13-15(19)2/h4-5,8,11-13,16-17,22,25H,6-7,9-10H2,1-3H3,(H,24,26)/t16-/m1/s1. The van der Waals surface area contributed by atoms with Crippen LogP contribution in [0.2, 0.25) is 0 Å². The van der Waals surface area contributed by atoms with E-state index in [1.165, 1.54) is 6.07 Å². The van der Waals surface area contributed by atoms with Gasteiger partial charge in [0.2, 0.25) is 10.0 Å². The molecule has 8 heteroatoms. The van der Waals surface area contributed by atoms with E-state index in [4.69, 9.17) is 0 Å². The van der Waals surface area contributed by atoms with E-state index in [0.29, 0.717) is 22.7 Å². The van der Waals surface area contributed by atoms with Gasteiger partial charge in [-0.05, 0) is 88.0 Å². The molecular formula is C21H28N4O3S. The van der Waals surface area contributed by atoms with Gasteiger partial charge in [-0.25, -0.2) is 13.1 Å². The molecule has 7 nitrogen and oxygen atoms in total. The summed E-state index contributed by atoms with van der Waals surface area (Å²) in [6, 6.07) is 6.28. The van der Waals surface area contributed by atoms with E-state index in [2.05, 4.69) is 20.3 Å². The third kappa shape index (κ3) is 5.20. The van der Waals surface area contributed by atoms with Gasteiger partial charge in [0, 0.05) is 29.7 Å². The van der Waals surface area contributed by atoms with Gasteiger partial charge in [-0.2, -0.15) is 0 Å². The maximum absolute atomic E-state index is 12.8. The third-order valence-electron chi connectivity index (χ3n) is 5.45. The van der Waals surface area contributed by atoms with Crippen molar-refractivity contribution in [2.75, 3.05) is 18.4 Å². The van der Waals surface area contributed by atoms with Gasteiger partial charge in [-0.15, -0.1) is 0 Å². The minimum atomic E-state index is -3.63. The van der Waals surface area contributed by atoms with Crippen molar-refractivity contribution in [2.45, 2.75) is 44.6 Å². The fourth-order valence-corrected chi connectivity index (χ4v) is 5.01. The quantitative estimate of drug-likeness (QED) is 0.672. The zero-order valence-electron chi connectivity index (χ0n) is 17.0. The summed E-state index contributed by atoms with van der Waals surface area (Å²) in [6.07, 6.45) is 5.12. The summed E-state index contributed by atoms with van der Waals surface area (Å²) in [7, 11) is -3.63. The number of anilines is 1. The lowest BCUT2D eigenvalue weighted by atomic mass is 9.92. The Morgan fingerprint density at radius 3 is 2.55 bits per heavy atom. The first-order valence-electron chi connectivity index (χ1n) is 9.83. The molecule has 29 heavy (non-hydrogen) atoms. The van der Waals surface area contributed by atoms with Crippen LogP contribution in [0.15, 0.2) is 41.6 Å². The maximum Gasteiger partial charge on any atom is 0.256 e. The van der Waals surface area contributed by atoms with Crippen LogP contribution in [0.5, 0.6) is 0 Å². The highest BCUT2D eigenvalue weighted by molar-refractivity contribution is 7.89. The van der Waals surface area contributed by atoms with Crippen molar-refractivity contribution in [1.29, 1.82) is 0 Å². The number of aryl methyl sites for hydroxylation is 2. The van der Waals surface area contributed by atoms with Crippen molar-refractivity contribution < 1.29 is 13.2 Å². The van der Waals surface area contributed by atoms with Crippen molar-refractivity contribution in [1.82, 2.24) is 15.0 Å². The number of pyridine rings is 1. The fourth-order valence-electron chi connectivity index (χ4n) is 3.61. The summed E-state index contributed by atoms with van der Waals surface area (Å²) in [5.74, 6) is 0.0792. The number of amides is 1. The summed E-state index contributed by atoms with van der Waals surface area (Å²) < 4.78 is 28.4. The van der Waals surface area contributed by atoms with E-state index in [0.717, 1.165) is 31.5 Å². The Morgan fingerprint density at radius 1 is 1.17 bits per heavy atom. The van der Waals surface area contributed by atoms with Crippen molar-refractivity contribution >= 4 is 21.6 Å². The van der Waals surface area contributed by atoms with Gasteiger partial charge >= 0.3 is 0 Å². The van der Waals surface area contributed by atoms with Crippen LogP contribution in [-0.2, 0) is 10.0 Å². The molecule has 0 radical (unpaired) electrons. The Kier molecular flexibility index (Phi) is 6.66. The van der Waals surface area contributed by atoms with Gasteiger partial charge < -0.3 is 10.6 Å². The van der Waals surface area contributed by atoms with Gasteiger partial charge in [0.15, 0.2) is 0 Å². The zero-order valence-corrected chi connectivity index (χ0v) is 17.8. The van der Waals surface area contributed by atoms with Crippen LogP contribution >= 0.6 is 0 Å². The third-order valence-corrected chi connectivity index (χ3v) is 7.01. The van der Waals surface area contributed by atoms with Gasteiger partial charge in [0.25, 0.3) is 5.91 Å². The van der Waals surface area contributed by atoms with Gasteiger partial charge in [-0.3, -0.25) is 9.78 Å². The summed E-state index contributed by atoms with van der Waals surface area (Å²) in [4.78, 5) is 16.7. The van der Waals surface area contributed by atoms with Crippen LogP contribution in [0, 0.1) is 19.8 Å². The van der Waals surface area contributed by atoms with Crippen molar-refractivity contribution in [2.24, 2.45) is 5.92 Å². The van der Waals surface area contributed by atoms with Crippen LogP contribution in [0.3, 0.4) is 0 Å². The average molecular weight is 417 g/mol. The highest BCUT2D eigenvalue weighted by Crippen LogP contribution is 2.23. The number of rotatable bonds is 6. The lowest BCUT2D eigenvalue weighted by Gasteiger charge is -2.28. The molecule has 1 amide bonds. The van der Waals surface area contributed by atoms with Crippen LogP contribution in [0.25, 0.3) is 0 Å². The predicted octanol–water partition coefficient (Wildman–Crippen LogP) is 2.62. The lowest BCUT2D eigenvalue weighted by molar-refractivity contribution is 0.102. The summed E-state index contributed by atoms with van der Waals surface area (Å²) in [5.41, 5.74) is 2.57. The first kappa shape index (κ1) is 21.4. The van der Waals surface area contributed by atoms with Crippen LogP contribution in [0.1, 0.15) is 41.3 Å². The number of sulfonamides is 1. The molecule has 1 atom stereocenters. The molecule has 3 rings (SSSR count). The molecule has 1 aromatic carbocycles. The lowest BCUT2D eigenvalue weighted by Crippen LogP contribution is -2.42. The number of nitrogens with one attached hydrogen (secondary N) is 3. The molecular weight excluding hydrogens is 388 g/mol. The van der Waals surface area contributed by atoms with Crippen LogP contribution in [-0.4, -0.2) is 38.4 Å². The summed E-state index contributed by atoms with van der Waals surface area (Å²) in [5, 5.41) is 6.14. The SMILES string of the molecule is Cc1cc(S(=O)(=O)N[C@H](C)C2CCNCC2)ccc1NC(=O)c1ccncc1C. The molecule has 0 spiro atoms. The molecule has 156 valence electrons. The van der Waals surface area contributed by atoms with Crippen molar-refractivity contribution in [3.63, 3.8) is 0 Å². The normalized spacial score (nSPS) is 16.4. The van der Waals surface area contributed by atoms with Crippen LogP contribution < -0.4 is 15.4 Å². The smallest absolute Gasteiger partial charge is 0.256 e. The Labute approximate surface area is 172 Å². The molecule has 2 aromatic rings. The molecule has 1 aliphatic heterocycles. The predicted molar refractivity (Wildman–Crippen MR) is 113 cm³/mol. The molecule has 1 aliphatic rings. The largest absolute Gasteiger partial charge is 0.322 e. The summed E-state index contributed by atoms with van der Waals surface area (Å²) in [6.45, 7) is 7.36. The Bertz CT molecular complexity index is 985. The molecule has 1 saturated heterocycles. The second-order valence-corrected chi connectivity index (χ2v) is 9.33. The molecule has 0 saturated carbocycles. The molecule has 0 unspecified atom stereocenters. The number of benzene rings is 1. The van der Waals surface area contributed by atoms with E-state index in [1.807, 2.05) is 13.8 Å². The van der Waals surface area contributed by atoms with Crippen molar-refractivity contribution in [3.8, 4) is 0 Å². The van der Waals surface area contributed by atoms with Crippen LogP contribution in [0.4, 0.5) is 5.69 Å². The van der Waals surface area contributed by atoms with E-state index in [-0.39, 0.29) is 16.8 Å². The topological polar surface area (TPSA) is 100 Å². The number of nitrogens with zero attached hydrogens (tertiary/aromatic N) is 1. The second-order valence-electron chi connectivity index (χ2n) is 7.62. The van der Waals surface area contributed by atoms with E-state index in [1.54, 1.807) is 37.5 Å². The number of piperidine rings is 1. The molecule has 3 N–H and O–H groups in total. The minimum absolute atomic E-state index is 0.128. The fraction of sp³-hybridized carbons (Fsp3) is 0.429. The Hall–Kier alpha value is -2.29. The first-order chi connectivity index (χ1) is 13.8. The highest BCUT2D eigenvalue weighted by Gasteiger charge is 2.25. The zero-order chi connectivity index (χ0) is 21.0. The van der Waals surface area contributed by atoms with Gasteiger partial charge in [0.1, 0.15) is 0 Å². The minimum Gasteiger partial charge on any atom is -0.322 e. The highest BCUT2D eigenvalue weighted by atomic mass is 32.2. The molecule has 2 heterocycles. The van der Waals surface area contributed by atoms with E-state index in [9.17, 15) is 13.2 Å². The number of hydrogen-bond acceptors (Lipinski definition) is 5. The molecule has 0 aliphatic carbocycles. The van der Waals surface area contributed by atoms with Gasteiger partial charge in [0.05, 0.1) is 4.90 Å². The molecule has 1 fully saturated rings. The first-order valence-corrected chi connectivity index (χ1v) is 11.3. The number of carbonyl (C=O) groups is 1. The molecule has 0 bridgehead atoms. The molecule has 1 aromatic heterocycles. The van der Waals surface area contributed by atoms with E-state index >= 15 is 0 Å². The average Bonchev–Trinajstić information content (AvgIpc) is 2.70. The number of aromatic nitrogens is 1. The van der Waals surface area contributed by atoms with E-state index < -0.39 is 10.0 Å². The Balaban J connectivity index is 1.72. The maximum atomic E-state index is 12.8. The van der Waals surface area contributed by atoms with Crippen molar-refractivity contribution in [3.05, 3.63) is 53.3 Å². The van der Waals surface area contributed by atoms with Gasteiger partial charge in [-0.1, -0.05) is 0 Å².